The molecule has 3 rings (SSSR count). The molecule has 0 bridgehead atoms. The molecule has 7 nitrogen and oxygen atoms in total. The van der Waals surface area contributed by atoms with Gasteiger partial charge in [-0.1, -0.05) is 0 Å². The minimum absolute atomic E-state index is 0.0756. The highest BCUT2D eigenvalue weighted by molar-refractivity contribution is 5.92. The van der Waals surface area contributed by atoms with E-state index in [1.54, 1.807) is 36.5 Å². The smallest absolute Gasteiger partial charge is 0.272 e. The molecule has 1 aromatic heterocycles. The van der Waals surface area contributed by atoms with Gasteiger partial charge >= 0.3 is 0 Å². The van der Waals surface area contributed by atoms with Gasteiger partial charge in [-0.15, -0.1) is 0 Å². The maximum absolute atomic E-state index is 12.5. The lowest BCUT2D eigenvalue weighted by Gasteiger charge is -2.32. The molecule has 1 N–H and O–H groups in total. The monoisotopic (exact) mass is 322 g/mol. The first kappa shape index (κ1) is 15.9. The molecule has 7 heteroatoms. The van der Waals surface area contributed by atoms with Crippen molar-refractivity contribution >= 4 is 17.5 Å². The third kappa shape index (κ3) is 3.67. The van der Waals surface area contributed by atoms with E-state index in [1.807, 2.05) is 11.9 Å². The van der Waals surface area contributed by atoms with Gasteiger partial charge in [-0.05, 0) is 37.4 Å². The standard InChI is InChI=1S/C17H18N6O/c1-22-8-10-23(11-9-22)16(24)15-6-7-19-17(21-15)20-14-4-2-13(12-18)3-5-14/h2-7H,8-11H2,1H3,(H,19,20,21). The van der Waals surface area contributed by atoms with Gasteiger partial charge in [0, 0.05) is 38.1 Å². The molecule has 0 unspecified atom stereocenters. The number of carbonyl (C=O) groups excluding carboxylic acids is 1. The molecule has 0 aliphatic carbocycles. The summed E-state index contributed by atoms with van der Waals surface area (Å²) in [4.78, 5) is 25.0. The second kappa shape index (κ2) is 7.06. The summed E-state index contributed by atoms with van der Waals surface area (Å²) in [5.74, 6) is 0.285. The molecule has 0 saturated carbocycles. The van der Waals surface area contributed by atoms with Crippen molar-refractivity contribution in [3.8, 4) is 6.07 Å². The van der Waals surface area contributed by atoms with E-state index in [9.17, 15) is 4.79 Å². The normalized spacial score (nSPS) is 14.9. The van der Waals surface area contributed by atoms with Crippen molar-refractivity contribution < 1.29 is 4.79 Å². The fourth-order valence-corrected chi connectivity index (χ4v) is 2.47. The van der Waals surface area contributed by atoms with Gasteiger partial charge in [-0.2, -0.15) is 5.26 Å². The second-order valence-electron chi connectivity index (χ2n) is 5.68. The summed E-state index contributed by atoms with van der Waals surface area (Å²) in [6, 6.07) is 10.7. The first-order valence-corrected chi connectivity index (χ1v) is 7.74. The predicted octanol–water partition coefficient (Wildman–Crippen LogP) is 1.48. The number of nitrogens with zero attached hydrogens (tertiary/aromatic N) is 5. The van der Waals surface area contributed by atoms with Crippen molar-refractivity contribution in [3.05, 3.63) is 47.8 Å². The zero-order chi connectivity index (χ0) is 16.9. The van der Waals surface area contributed by atoms with E-state index in [-0.39, 0.29) is 5.91 Å². The van der Waals surface area contributed by atoms with E-state index in [2.05, 4.69) is 26.3 Å². The zero-order valence-corrected chi connectivity index (χ0v) is 13.4. The van der Waals surface area contributed by atoms with Crippen molar-refractivity contribution in [3.63, 3.8) is 0 Å². The lowest BCUT2D eigenvalue weighted by molar-refractivity contribution is 0.0658. The van der Waals surface area contributed by atoms with Crippen LogP contribution in [-0.2, 0) is 0 Å². The highest BCUT2D eigenvalue weighted by Gasteiger charge is 2.21. The summed E-state index contributed by atoms with van der Waals surface area (Å²) >= 11 is 0. The summed E-state index contributed by atoms with van der Waals surface area (Å²) in [6.45, 7) is 3.15. The number of aromatic nitrogens is 2. The Morgan fingerprint density at radius 1 is 1.17 bits per heavy atom. The average Bonchev–Trinajstić information content (AvgIpc) is 2.63. The Morgan fingerprint density at radius 3 is 2.54 bits per heavy atom. The summed E-state index contributed by atoms with van der Waals surface area (Å²) in [6.07, 6.45) is 1.57. The van der Waals surface area contributed by atoms with Crippen LogP contribution in [0.3, 0.4) is 0 Å². The maximum atomic E-state index is 12.5. The minimum atomic E-state index is -0.0756. The zero-order valence-electron chi connectivity index (χ0n) is 13.4. The van der Waals surface area contributed by atoms with Crippen molar-refractivity contribution in [1.82, 2.24) is 19.8 Å². The molecule has 1 amide bonds. The number of benzene rings is 1. The largest absolute Gasteiger partial charge is 0.335 e. The van der Waals surface area contributed by atoms with Gasteiger partial charge in [-0.25, -0.2) is 9.97 Å². The number of hydrogen-bond donors (Lipinski definition) is 1. The van der Waals surface area contributed by atoms with Crippen LogP contribution >= 0.6 is 0 Å². The van der Waals surface area contributed by atoms with Crippen LogP contribution in [0.15, 0.2) is 36.5 Å². The number of nitriles is 1. The van der Waals surface area contributed by atoms with Gasteiger partial charge in [0.15, 0.2) is 0 Å². The summed E-state index contributed by atoms with van der Waals surface area (Å²) < 4.78 is 0. The Kier molecular flexibility index (Phi) is 4.68. The quantitative estimate of drug-likeness (QED) is 0.921. The highest BCUT2D eigenvalue weighted by atomic mass is 16.2. The SMILES string of the molecule is CN1CCN(C(=O)c2ccnc(Nc3ccc(C#N)cc3)n2)CC1. The van der Waals surface area contributed by atoms with E-state index >= 15 is 0 Å². The van der Waals surface area contributed by atoms with Gasteiger partial charge in [0.05, 0.1) is 11.6 Å². The van der Waals surface area contributed by atoms with Gasteiger partial charge in [0.25, 0.3) is 5.91 Å². The molecule has 1 aliphatic rings. The number of rotatable bonds is 3. The van der Waals surface area contributed by atoms with E-state index in [0.29, 0.717) is 30.3 Å². The Labute approximate surface area is 140 Å². The van der Waals surface area contributed by atoms with Crippen molar-refractivity contribution in [1.29, 1.82) is 5.26 Å². The Hall–Kier alpha value is -2.98. The molecular formula is C17H18N6O. The van der Waals surface area contributed by atoms with Crippen LogP contribution < -0.4 is 5.32 Å². The summed E-state index contributed by atoms with van der Waals surface area (Å²) in [5.41, 5.74) is 1.73. The molecule has 1 aromatic carbocycles. The first-order valence-electron chi connectivity index (χ1n) is 7.74. The maximum Gasteiger partial charge on any atom is 0.272 e. The predicted molar refractivity (Wildman–Crippen MR) is 89.9 cm³/mol. The first-order chi connectivity index (χ1) is 11.7. The topological polar surface area (TPSA) is 85.1 Å². The lowest BCUT2D eigenvalue weighted by atomic mass is 10.2. The summed E-state index contributed by atoms with van der Waals surface area (Å²) in [7, 11) is 2.05. The van der Waals surface area contributed by atoms with Gasteiger partial charge in [-0.3, -0.25) is 4.79 Å². The van der Waals surface area contributed by atoms with Crippen molar-refractivity contribution in [2.75, 3.05) is 38.5 Å². The molecule has 0 atom stereocenters. The number of amides is 1. The van der Waals surface area contributed by atoms with Gasteiger partial charge < -0.3 is 15.1 Å². The van der Waals surface area contributed by atoms with E-state index < -0.39 is 0 Å². The van der Waals surface area contributed by atoms with Crippen LogP contribution in [-0.4, -0.2) is 58.9 Å². The molecular weight excluding hydrogens is 304 g/mol. The molecule has 2 aromatic rings. The number of piperazine rings is 1. The number of anilines is 2. The van der Waals surface area contributed by atoms with Crippen LogP contribution in [0.4, 0.5) is 11.6 Å². The lowest BCUT2D eigenvalue weighted by Crippen LogP contribution is -2.47. The van der Waals surface area contributed by atoms with Gasteiger partial charge in [0.2, 0.25) is 5.95 Å². The minimum Gasteiger partial charge on any atom is -0.335 e. The molecule has 2 heterocycles. The number of carbonyl (C=O) groups is 1. The molecule has 1 saturated heterocycles. The van der Waals surface area contributed by atoms with E-state index in [0.717, 1.165) is 18.8 Å². The fraction of sp³-hybridized carbons (Fsp3) is 0.294. The van der Waals surface area contributed by atoms with Crippen LogP contribution in [0.5, 0.6) is 0 Å². The molecule has 122 valence electrons. The molecule has 1 aliphatic heterocycles. The fourth-order valence-electron chi connectivity index (χ4n) is 2.47. The summed E-state index contributed by atoms with van der Waals surface area (Å²) in [5, 5.41) is 11.9. The second-order valence-corrected chi connectivity index (χ2v) is 5.68. The number of hydrogen-bond acceptors (Lipinski definition) is 6. The van der Waals surface area contributed by atoms with Crippen molar-refractivity contribution in [2.45, 2.75) is 0 Å². The molecule has 0 radical (unpaired) electrons. The Balaban J connectivity index is 1.71. The molecule has 0 spiro atoms. The molecule has 24 heavy (non-hydrogen) atoms. The Bertz CT molecular complexity index is 759. The van der Waals surface area contributed by atoms with E-state index in [4.69, 9.17) is 5.26 Å². The van der Waals surface area contributed by atoms with Crippen LogP contribution in [0, 0.1) is 11.3 Å². The average molecular weight is 322 g/mol. The highest BCUT2D eigenvalue weighted by Crippen LogP contribution is 2.14. The van der Waals surface area contributed by atoms with Crippen LogP contribution in [0.25, 0.3) is 0 Å². The van der Waals surface area contributed by atoms with Crippen molar-refractivity contribution in [2.24, 2.45) is 0 Å². The third-order valence-electron chi connectivity index (χ3n) is 3.94. The van der Waals surface area contributed by atoms with E-state index in [1.165, 1.54) is 0 Å². The Morgan fingerprint density at radius 2 is 1.88 bits per heavy atom. The van der Waals surface area contributed by atoms with Crippen LogP contribution in [0.1, 0.15) is 16.1 Å². The van der Waals surface area contributed by atoms with Gasteiger partial charge in [0.1, 0.15) is 5.69 Å². The number of likely N-dealkylation sites (N-methyl/N-ethyl adjacent to an activating group) is 1. The third-order valence-corrected chi connectivity index (χ3v) is 3.94. The number of nitrogens with one attached hydrogen (secondary N) is 1. The van der Waals surface area contributed by atoms with Crippen LogP contribution in [0.2, 0.25) is 0 Å². The molecule has 1 fully saturated rings.